The van der Waals surface area contributed by atoms with Crippen LogP contribution in [0.15, 0.2) is 6.07 Å². The number of ether oxygens (including phenoxy) is 1. The maximum atomic E-state index is 11.9. The molecule has 0 aliphatic carbocycles. The van der Waals surface area contributed by atoms with Gasteiger partial charge in [-0.15, -0.1) is 11.3 Å². The standard InChI is InChI=1S/C11H15N3O2S/c1-11(2,3)16-10(15)7-5-6-8(12)13-14(4)9(6)17-7/h5H,1-4H3,(H2,12,13). The van der Waals surface area contributed by atoms with E-state index in [2.05, 4.69) is 5.10 Å². The van der Waals surface area contributed by atoms with Gasteiger partial charge >= 0.3 is 5.97 Å². The van der Waals surface area contributed by atoms with Crippen LogP contribution in [-0.2, 0) is 11.8 Å². The molecule has 2 N–H and O–H groups in total. The molecule has 0 amide bonds. The maximum absolute atomic E-state index is 11.9. The van der Waals surface area contributed by atoms with Crippen molar-refractivity contribution in [3.63, 3.8) is 0 Å². The molecule has 6 heteroatoms. The van der Waals surface area contributed by atoms with Gasteiger partial charge in [0.05, 0.1) is 5.39 Å². The van der Waals surface area contributed by atoms with Gasteiger partial charge in [-0.05, 0) is 26.8 Å². The molecule has 92 valence electrons. The number of aromatic nitrogens is 2. The summed E-state index contributed by atoms with van der Waals surface area (Å²) < 4.78 is 6.97. The van der Waals surface area contributed by atoms with E-state index in [1.54, 1.807) is 17.8 Å². The van der Waals surface area contributed by atoms with Gasteiger partial charge in [0.2, 0.25) is 0 Å². The quantitative estimate of drug-likeness (QED) is 0.791. The van der Waals surface area contributed by atoms with Crippen LogP contribution in [0.2, 0.25) is 0 Å². The number of esters is 1. The lowest BCUT2D eigenvalue weighted by Crippen LogP contribution is -2.23. The minimum absolute atomic E-state index is 0.321. The van der Waals surface area contributed by atoms with E-state index in [0.717, 1.165) is 10.2 Å². The normalized spacial score (nSPS) is 12.0. The summed E-state index contributed by atoms with van der Waals surface area (Å²) in [4.78, 5) is 13.3. The highest BCUT2D eigenvalue weighted by molar-refractivity contribution is 7.20. The number of hydrogen-bond acceptors (Lipinski definition) is 5. The van der Waals surface area contributed by atoms with Crippen molar-refractivity contribution < 1.29 is 9.53 Å². The molecule has 2 aromatic rings. The Labute approximate surface area is 103 Å². The summed E-state index contributed by atoms with van der Waals surface area (Å²) in [6, 6.07) is 1.73. The van der Waals surface area contributed by atoms with Gasteiger partial charge in [-0.2, -0.15) is 5.10 Å². The minimum Gasteiger partial charge on any atom is -0.456 e. The Kier molecular flexibility index (Phi) is 2.61. The zero-order valence-electron chi connectivity index (χ0n) is 10.3. The molecule has 0 aliphatic rings. The van der Waals surface area contributed by atoms with Crippen LogP contribution in [0.4, 0.5) is 5.82 Å². The third-order valence-corrected chi connectivity index (χ3v) is 3.32. The zero-order chi connectivity index (χ0) is 12.8. The number of thiophene rings is 1. The Morgan fingerprint density at radius 1 is 1.53 bits per heavy atom. The van der Waals surface area contributed by atoms with Crippen LogP contribution in [0, 0.1) is 0 Å². The first kappa shape index (κ1) is 11.9. The third-order valence-electron chi connectivity index (χ3n) is 2.14. The Morgan fingerprint density at radius 3 is 2.71 bits per heavy atom. The molecule has 17 heavy (non-hydrogen) atoms. The zero-order valence-corrected chi connectivity index (χ0v) is 11.1. The summed E-state index contributed by atoms with van der Waals surface area (Å²) in [6.07, 6.45) is 0. The molecular formula is C11H15N3O2S. The third kappa shape index (κ3) is 2.26. The van der Waals surface area contributed by atoms with E-state index in [0.29, 0.717) is 10.7 Å². The van der Waals surface area contributed by atoms with E-state index in [4.69, 9.17) is 10.5 Å². The van der Waals surface area contributed by atoms with Crippen molar-refractivity contribution in [2.45, 2.75) is 26.4 Å². The molecule has 2 aromatic heterocycles. The van der Waals surface area contributed by atoms with Crippen LogP contribution in [0.5, 0.6) is 0 Å². The SMILES string of the molecule is Cn1nc(N)c2cc(C(=O)OC(C)(C)C)sc21. The lowest BCUT2D eigenvalue weighted by Gasteiger charge is -2.18. The van der Waals surface area contributed by atoms with Crippen LogP contribution in [0.1, 0.15) is 30.4 Å². The van der Waals surface area contributed by atoms with Crippen molar-refractivity contribution in [2.75, 3.05) is 5.73 Å². The molecule has 0 bridgehead atoms. The lowest BCUT2D eigenvalue weighted by molar-refractivity contribution is 0.00753. The van der Waals surface area contributed by atoms with Crippen LogP contribution < -0.4 is 5.73 Å². The van der Waals surface area contributed by atoms with Crippen molar-refractivity contribution in [2.24, 2.45) is 7.05 Å². The van der Waals surface area contributed by atoms with Crippen LogP contribution >= 0.6 is 11.3 Å². The average Bonchev–Trinajstić information content (AvgIpc) is 2.67. The van der Waals surface area contributed by atoms with Crippen molar-refractivity contribution in [3.05, 3.63) is 10.9 Å². The first-order chi connectivity index (χ1) is 7.78. The second-order valence-electron chi connectivity index (χ2n) is 4.84. The molecule has 0 spiro atoms. The van der Waals surface area contributed by atoms with Crippen molar-refractivity contribution in [1.82, 2.24) is 9.78 Å². The summed E-state index contributed by atoms with van der Waals surface area (Å²) in [6.45, 7) is 5.52. The topological polar surface area (TPSA) is 70.1 Å². The maximum Gasteiger partial charge on any atom is 0.348 e. The molecule has 0 aliphatic heterocycles. The van der Waals surface area contributed by atoms with Gasteiger partial charge in [0.1, 0.15) is 15.3 Å². The molecule has 0 aromatic carbocycles. The number of nitrogens with zero attached hydrogens (tertiary/aromatic N) is 2. The number of rotatable bonds is 1. The van der Waals surface area contributed by atoms with Gasteiger partial charge in [-0.3, -0.25) is 4.68 Å². The Bertz CT molecular complexity index is 543. The summed E-state index contributed by atoms with van der Waals surface area (Å²) >= 11 is 1.34. The smallest absolute Gasteiger partial charge is 0.348 e. The van der Waals surface area contributed by atoms with E-state index in [1.807, 2.05) is 20.8 Å². The Hall–Kier alpha value is -1.56. The molecule has 0 radical (unpaired) electrons. The van der Waals surface area contributed by atoms with Gasteiger partial charge < -0.3 is 10.5 Å². The van der Waals surface area contributed by atoms with Gasteiger partial charge in [-0.25, -0.2) is 4.79 Å². The number of fused-ring (bicyclic) bond motifs is 1. The fourth-order valence-corrected chi connectivity index (χ4v) is 2.45. The highest BCUT2D eigenvalue weighted by Crippen LogP contribution is 2.30. The number of nitrogen functional groups attached to an aromatic ring is 1. The number of carbonyl (C=O) groups is 1. The monoisotopic (exact) mass is 253 g/mol. The van der Waals surface area contributed by atoms with Crippen molar-refractivity contribution in [3.8, 4) is 0 Å². The van der Waals surface area contributed by atoms with E-state index in [9.17, 15) is 4.79 Å². The molecule has 5 nitrogen and oxygen atoms in total. The van der Waals surface area contributed by atoms with Gasteiger partial charge in [-0.1, -0.05) is 0 Å². The fourth-order valence-electron chi connectivity index (χ4n) is 1.50. The van der Waals surface area contributed by atoms with E-state index >= 15 is 0 Å². The largest absolute Gasteiger partial charge is 0.456 e. The van der Waals surface area contributed by atoms with E-state index in [-0.39, 0.29) is 5.97 Å². The molecule has 0 saturated heterocycles. The molecule has 2 heterocycles. The Morgan fingerprint density at radius 2 is 2.18 bits per heavy atom. The number of nitrogens with two attached hydrogens (primary N) is 1. The Balaban J connectivity index is 2.37. The van der Waals surface area contributed by atoms with Gasteiger partial charge in [0, 0.05) is 7.05 Å². The second kappa shape index (κ2) is 3.73. The minimum atomic E-state index is -0.489. The highest BCUT2D eigenvalue weighted by atomic mass is 32.1. The first-order valence-corrected chi connectivity index (χ1v) is 6.05. The second-order valence-corrected chi connectivity index (χ2v) is 5.87. The average molecular weight is 253 g/mol. The molecule has 0 fully saturated rings. The number of hydrogen-bond donors (Lipinski definition) is 1. The number of aryl methyl sites for hydroxylation is 1. The number of carbonyl (C=O) groups excluding carboxylic acids is 1. The summed E-state index contributed by atoms with van der Waals surface area (Å²) in [5, 5.41) is 4.88. The molecular weight excluding hydrogens is 238 g/mol. The van der Waals surface area contributed by atoms with Crippen LogP contribution in [0.3, 0.4) is 0 Å². The molecule has 0 atom stereocenters. The molecule has 0 saturated carbocycles. The van der Waals surface area contributed by atoms with Crippen LogP contribution in [-0.4, -0.2) is 21.4 Å². The fraction of sp³-hybridized carbons (Fsp3) is 0.455. The van der Waals surface area contributed by atoms with Crippen LogP contribution in [0.25, 0.3) is 10.2 Å². The summed E-state index contributed by atoms with van der Waals surface area (Å²) in [5.41, 5.74) is 5.25. The van der Waals surface area contributed by atoms with Gasteiger partial charge in [0.15, 0.2) is 5.82 Å². The number of anilines is 1. The van der Waals surface area contributed by atoms with Crippen molar-refractivity contribution >= 4 is 33.3 Å². The summed E-state index contributed by atoms with van der Waals surface area (Å²) in [7, 11) is 1.80. The van der Waals surface area contributed by atoms with Gasteiger partial charge in [0.25, 0.3) is 0 Å². The predicted molar refractivity (Wildman–Crippen MR) is 68.2 cm³/mol. The van der Waals surface area contributed by atoms with E-state index in [1.165, 1.54) is 11.3 Å². The lowest BCUT2D eigenvalue weighted by atomic mass is 10.2. The van der Waals surface area contributed by atoms with E-state index < -0.39 is 5.60 Å². The predicted octanol–water partition coefficient (Wildman–Crippen LogP) is 2.17. The molecule has 0 unspecified atom stereocenters. The first-order valence-electron chi connectivity index (χ1n) is 5.23. The van der Waals surface area contributed by atoms with Crippen molar-refractivity contribution in [1.29, 1.82) is 0 Å². The highest BCUT2D eigenvalue weighted by Gasteiger charge is 2.21. The summed E-state index contributed by atoms with van der Waals surface area (Å²) in [5.74, 6) is 0.117. The molecule has 2 rings (SSSR count).